The third-order valence-electron chi connectivity index (χ3n) is 8.43. The van der Waals surface area contributed by atoms with E-state index in [1.807, 2.05) is 12.2 Å². The molecular weight excluding hydrogens is 775 g/mol. The number of rotatable bonds is 38. The van der Waals surface area contributed by atoms with Crippen molar-refractivity contribution in [3.05, 3.63) is 97.2 Å². The summed E-state index contributed by atoms with van der Waals surface area (Å²) in [5, 5.41) is 39.0. The molecule has 0 radical (unpaired) electrons. The van der Waals surface area contributed by atoms with Crippen LogP contribution in [0.2, 0.25) is 0 Å². The molecule has 0 heterocycles. The Hall–Kier alpha value is -3.19. The Morgan fingerprint density at radius 1 is 0.559 bits per heavy atom. The third kappa shape index (κ3) is 38.7. The molecule has 0 aliphatic heterocycles. The van der Waals surface area contributed by atoms with Crippen molar-refractivity contribution in [2.75, 3.05) is 26.4 Å². The van der Waals surface area contributed by atoms with Crippen molar-refractivity contribution < 1.29 is 58.0 Å². The van der Waals surface area contributed by atoms with Gasteiger partial charge in [-0.25, -0.2) is 4.57 Å². The van der Waals surface area contributed by atoms with E-state index in [0.29, 0.717) is 12.8 Å². The van der Waals surface area contributed by atoms with Gasteiger partial charge in [0.25, 0.3) is 0 Å². The van der Waals surface area contributed by atoms with Gasteiger partial charge >= 0.3 is 19.8 Å². The van der Waals surface area contributed by atoms with Crippen LogP contribution in [0.1, 0.15) is 129 Å². The summed E-state index contributed by atoms with van der Waals surface area (Å²) in [6.45, 7) is 1.76. The van der Waals surface area contributed by atoms with E-state index in [0.717, 1.165) is 70.6 Å². The molecule has 0 bridgehead atoms. The first-order valence-electron chi connectivity index (χ1n) is 21.4. The summed E-state index contributed by atoms with van der Waals surface area (Å²) in [6, 6.07) is 0. The Morgan fingerprint density at radius 2 is 1.03 bits per heavy atom. The van der Waals surface area contributed by atoms with Gasteiger partial charge in [0.2, 0.25) is 0 Å². The van der Waals surface area contributed by atoms with Crippen molar-refractivity contribution in [2.45, 2.75) is 154 Å². The maximum atomic E-state index is 12.6. The molecule has 12 nitrogen and oxygen atoms in total. The second kappa shape index (κ2) is 40.2. The Labute approximate surface area is 354 Å². The van der Waals surface area contributed by atoms with Crippen molar-refractivity contribution in [2.24, 2.45) is 0 Å². The molecule has 13 heteroatoms. The largest absolute Gasteiger partial charge is 0.472 e. The average Bonchev–Trinajstić information content (AvgIpc) is 3.22. The van der Waals surface area contributed by atoms with E-state index >= 15 is 0 Å². The van der Waals surface area contributed by atoms with E-state index in [1.165, 1.54) is 0 Å². The highest BCUT2D eigenvalue weighted by molar-refractivity contribution is 7.47. The van der Waals surface area contributed by atoms with Crippen LogP contribution in [-0.4, -0.2) is 88.1 Å². The molecule has 336 valence electrons. The highest BCUT2D eigenvalue weighted by Crippen LogP contribution is 2.43. The van der Waals surface area contributed by atoms with Gasteiger partial charge < -0.3 is 34.8 Å². The van der Waals surface area contributed by atoms with Gasteiger partial charge in [0.05, 0.1) is 32.0 Å². The van der Waals surface area contributed by atoms with E-state index in [1.54, 1.807) is 6.08 Å². The fraction of sp³-hybridized carbons (Fsp3) is 0.609. The second-order valence-corrected chi connectivity index (χ2v) is 15.4. The summed E-state index contributed by atoms with van der Waals surface area (Å²) in [5.74, 6) is -1.25. The number of allylic oxidation sites excluding steroid dienone is 15. The zero-order chi connectivity index (χ0) is 43.7. The number of phosphoric acid groups is 1. The summed E-state index contributed by atoms with van der Waals surface area (Å²) in [4.78, 5) is 35.0. The number of carbonyl (C=O) groups is 2. The normalized spacial score (nSPS) is 15.8. The van der Waals surface area contributed by atoms with Gasteiger partial charge in [0.1, 0.15) is 12.7 Å². The summed E-state index contributed by atoms with van der Waals surface area (Å²) in [7, 11) is -4.70. The Balaban J connectivity index is 4.61. The number of ether oxygens (including phenoxy) is 2. The lowest BCUT2D eigenvalue weighted by atomic mass is 10.0. The van der Waals surface area contributed by atoms with Gasteiger partial charge in [-0.15, -0.1) is 0 Å². The van der Waals surface area contributed by atoms with Crippen LogP contribution < -0.4 is 0 Å². The SMILES string of the molecule is CC/C=C\C/C=C\C/C=C\C/C=C\CCCCCCC(=O)O[C@H](COC(=O)CCC[C@H](O)[C@@H](O)C/C=C\C/C=C\C/C=C\C/C=C\CC)COP(=O)(O)OC[C@@H](O)CO. The minimum absolute atomic E-state index is 0.0865. The van der Waals surface area contributed by atoms with Crippen LogP contribution in [0.25, 0.3) is 0 Å². The van der Waals surface area contributed by atoms with E-state index < -0.39 is 70.6 Å². The summed E-state index contributed by atoms with van der Waals surface area (Å²) in [6.07, 6.45) is 41.2. The van der Waals surface area contributed by atoms with Gasteiger partial charge in [-0.05, 0) is 89.9 Å². The zero-order valence-electron chi connectivity index (χ0n) is 35.6. The molecule has 0 aromatic heterocycles. The highest BCUT2D eigenvalue weighted by Gasteiger charge is 2.27. The molecule has 0 saturated carbocycles. The number of hydrogen-bond donors (Lipinski definition) is 5. The summed E-state index contributed by atoms with van der Waals surface area (Å²) >= 11 is 0. The Morgan fingerprint density at radius 3 is 1.58 bits per heavy atom. The van der Waals surface area contributed by atoms with Crippen LogP contribution >= 0.6 is 7.82 Å². The van der Waals surface area contributed by atoms with Crippen molar-refractivity contribution in [3.63, 3.8) is 0 Å². The second-order valence-electron chi connectivity index (χ2n) is 13.9. The first-order valence-corrected chi connectivity index (χ1v) is 22.9. The van der Waals surface area contributed by atoms with Crippen molar-refractivity contribution >= 4 is 19.8 Å². The molecule has 0 aromatic rings. The van der Waals surface area contributed by atoms with Crippen LogP contribution in [0.5, 0.6) is 0 Å². The van der Waals surface area contributed by atoms with Crippen LogP contribution in [-0.2, 0) is 32.7 Å². The number of esters is 2. The van der Waals surface area contributed by atoms with Gasteiger partial charge in [0.15, 0.2) is 6.10 Å². The molecule has 0 aromatic carbocycles. The molecule has 1 unspecified atom stereocenters. The molecule has 0 amide bonds. The van der Waals surface area contributed by atoms with E-state index in [2.05, 4.69) is 97.4 Å². The van der Waals surface area contributed by atoms with Gasteiger partial charge in [-0.2, -0.15) is 0 Å². The molecule has 59 heavy (non-hydrogen) atoms. The fourth-order valence-corrected chi connectivity index (χ4v) is 5.86. The van der Waals surface area contributed by atoms with Crippen LogP contribution in [0.15, 0.2) is 97.2 Å². The minimum atomic E-state index is -4.70. The van der Waals surface area contributed by atoms with E-state index in [9.17, 15) is 34.4 Å². The van der Waals surface area contributed by atoms with Gasteiger partial charge in [-0.3, -0.25) is 18.6 Å². The number of aliphatic hydroxyl groups excluding tert-OH is 4. The average molecular weight is 851 g/mol. The standard InChI is InChI=1S/C46H75O12P/c1-3-5-7-9-11-13-15-17-18-19-20-21-23-25-27-29-31-35-46(52)58-42(40-57-59(53,54)56-38-41(48)37-47)39-55-45(51)36-32-34-44(50)43(49)33-30-28-26-24-22-16-14-12-10-8-6-4-2/h5-8,11-14,17-18,20-22,24,28,30,41-44,47-50H,3-4,9-10,15-16,19,23,25-27,29,31-40H2,1-2H3,(H,53,54)/b7-5-,8-6-,13-11-,14-12-,18-17-,21-20-,24-22-,30-28-/t41-,42+,43-,44-/m0/s1. The smallest absolute Gasteiger partial charge is 0.462 e. The molecule has 0 fully saturated rings. The predicted molar refractivity (Wildman–Crippen MR) is 235 cm³/mol. The number of unbranched alkanes of at least 4 members (excludes halogenated alkanes) is 4. The van der Waals surface area contributed by atoms with Crippen LogP contribution in [0.4, 0.5) is 0 Å². The molecule has 0 spiro atoms. The molecule has 0 rings (SSSR count). The predicted octanol–water partition coefficient (Wildman–Crippen LogP) is 9.16. The number of phosphoric ester groups is 1. The number of hydrogen-bond acceptors (Lipinski definition) is 11. The molecule has 5 N–H and O–H groups in total. The van der Waals surface area contributed by atoms with Crippen molar-refractivity contribution in [1.29, 1.82) is 0 Å². The van der Waals surface area contributed by atoms with E-state index in [-0.39, 0.29) is 32.1 Å². The summed E-state index contributed by atoms with van der Waals surface area (Å²) in [5.41, 5.74) is 0. The lowest BCUT2D eigenvalue weighted by Gasteiger charge is -2.20. The maximum absolute atomic E-state index is 12.6. The highest BCUT2D eigenvalue weighted by atomic mass is 31.2. The Kier molecular flexibility index (Phi) is 38.1. The first kappa shape index (κ1) is 55.8. The third-order valence-corrected chi connectivity index (χ3v) is 9.39. The van der Waals surface area contributed by atoms with Crippen LogP contribution in [0, 0.1) is 0 Å². The zero-order valence-corrected chi connectivity index (χ0v) is 36.5. The number of carbonyl (C=O) groups excluding carboxylic acids is 2. The topological polar surface area (TPSA) is 189 Å². The van der Waals surface area contributed by atoms with Crippen molar-refractivity contribution in [1.82, 2.24) is 0 Å². The fourth-order valence-electron chi connectivity index (χ4n) is 5.07. The van der Waals surface area contributed by atoms with E-state index in [4.69, 9.17) is 19.1 Å². The minimum Gasteiger partial charge on any atom is -0.462 e. The molecule has 5 atom stereocenters. The summed E-state index contributed by atoms with van der Waals surface area (Å²) < 4.78 is 32.5. The maximum Gasteiger partial charge on any atom is 0.472 e. The van der Waals surface area contributed by atoms with Crippen LogP contribution in [0.3, 0.4) is 0 Å². The molecule has 0 aliphatic rings. The first-order chi connectivity index (χ1) is 28.5. The Bertz CT molecular complexity index is 1330. The van der Waals surface area contributed by atoms with Gasteiger partial charge in [-0.1, -0.05) is 124 Å². The van der Waals surface area contributed by atoms with Gasteiger partial charge in [0, 0.05) is 12.8 Å². The monoisotopic (exact) mass is 850 g/mol. The quantitative estimate of drug-likeness (QED) is 0.0172. The lowest BCUT2D eigenvalue weighted by Crippen LogP contribution is -2.30. The molecule has 0 aliphatic carbocycles. The molecular formula is C46H75O12P. The van der Waals surface area contributed by atoms with Crippen molar-refractivity contribution in [3.8, 4) is 0 Å². The molecule has 0 saturated heterocycles. The lowest BCUT2D eigenvalue weighted by molar-refractivity contribution is -0.161. The number of aliphatic hydroxyl groups is 4.